The Morgan fingerprint density at radius 3 is 2.30 bits per heavy atom. The molecule has 4 heteroatoms. The summed E-state index contributed by atoms with van der Waals surface area (Å²) in [5.41, 5.74) is 15.3. The van der Waals surface area contributed by atoms with Crippen LogP contribution in [0.5, 0.6) is 0 Å². The van der Waals surface area contributed by atoms with E-state index in [0.717, 1.165) is 28.5 Å². The molecule has 5 aliphatic rings. The van der Waals surface area contributed by atoms with Gasteiger partial charge in [0.2, 0.25) is 0 Å². The van der Waals surface area contributed by atoms with Crippen LogP contribution >= 0.6 is 0 Å². The van der Waals surface area contributed by atoms with Crippen molar-refractivity contribution in [2.45, 2.75) is 39.0 Å². The average Bonchev–Trinajstić information content (AvgIpc) is 3.11. The van der Waals surface area contributed by atoms with Crippen LogP contribution < -0.4 is 20.5 Å². The monoisotopic (exact) mass is 612 g/mol. The molecule has 0 radical (unpaired) electrons. The summed E-state index contributed by atoms with van der Waals surface area (Å²) in [6.07, 6.45) is 20.9. The Hall–Kier alpha value is -5.22. The van der Waals surface area contributed by atoms with Gasteiger partial charge in [0.25, 0.3) is 0 Å². The number of allylic oxidation sites excluding steroid dienone is 10. The number of hydrogen-bond acceptors (Lipinski definition) is 4. The number of para-hydroxylation sites is 2. The molecule has 2 heterocycles. The van der Waals surface area contributed by atoms with Crippen molar-refractivity contribution in [3.8, 4) is 11.1 Å². The third-order valence-electron chi connectivity index (χ3n) is 10.3. The lowest BCUT2D eigenvalue weighted by molar-refractivity contribution is 0.680. The molecule has 0 saturated heterocycles. The zero-order valence-electron chi connectivity index (χ0n) is 27.8. The normalized spacial score (nSPS) is 21.0. The average molecular weight is 613 g/mol. The number of hydrogen-bond donors (Lipinski definition) is 0. The van der Waals surface area contributed by atoms with E-state index in [0.29, 0.717) is 11.8 Å². The predicted octanol–water partition coefficient (Wildman–Crippen LogP) is 8.71. The standard InChI is InChI=1S/C22H20N2.C21H20N2/c1-13-7-5-11-17-19(13)15-9-3-4-10-16(15)21-22(17)24-20-14(2)8-6-12-18(20)23-21;1-15-17(16-9-5-4-6-10-16)13-14-20-21(15)23(3)19-12-8-7-11-18(19)22(20)2/h3-6,8-14,16H,7H2,1-2H3;4-14H,1-3H3. The molecule has 0 bridgehead atoms. The van der Waals surface area contributed by atoms with E-state index in [9.17, 15) is 0 Å². The Labute approximate surface area is 277 Å². The third-order valence-corrected chi connectivity index (χ3v) is 10.3. The second kappa shape index (κ2) is 11.5. The molecular weight excluding hydrogens is 573 g/mol. The van der Waals surface area contributed by atoms with Crippen molar-refractivity contribution < 1.29 is 0 Å². The lowest BCUT2D eigenvalue weighted by atomic mass is 9.73. The van der Waals surface area contributed by atoms with Gasteiger partial charge in [0, 0.05) is 31.5 Å². The maximum Gasteiger partial charge on any atom is 0.0933 e. The van der Waals surface area contributed by atoms with Crippen LogP contribution in [0.2, 0.25) is 0 Å². The first-order valence-electron chi connectivity index (χ1n) is 16.7. The van der Waals surface area contributed by atoms with E-state index in [1.165, 1.54) is 56.2 Å². The maximum absolute atomic E-state index is 5.12. The molecule has 4 nitrogen and oxygen atoms in total. The molecule has 47 heavy (non-hydrogen) atoms. The summed E-state index contributed by atoms with van der Waals surface area (Å²) >= 11 is 0. The Morgan fingerprint density at radius 1 is 0.723 bits per heavy atom. The highest BCUT2D eigenvalue weighted by Gasteiger charge is 2.32. The van der Waals surface area contributed by atoms with Crippen LogP contribution in [0, 0.1) is 12.8 Å². The molecule has 1 aromatic heterocycles. The van der Waals surface area contributed by atoms with E-state index in [1.807, 2.05) is 0 Å². The van der Waals surface area contributed by atoms with Gasteiger partial charge in [0.05, 0.1) is 44.8 Å². The fraction of sp³-hybridized carbons (Fsp3) is 0.209. The van der Waals surface area contributed by atoms with Crippen molar-refractivity contribution in [2.24, 2.45) is 5.92 Å². The Balaban J connectivity index is 0.000000138. The summed E-state index contributed by atoms with van der Waals surface area (Å²) in [6.45, 7) is 6.74. The van der Waals surface area contributed by atoms with Crippen LogP contribution in [0.4, 0.5) is 22.7 Å². The Kier molecular flexibility index (Phi) is 7.17. The minimum atomic E-state index is 0.241. The minimum absolute atomic E-state index is 0.241. The highest BCUT2D eigenvalue weighted by atomic mass is 15.2. The number of fused-ring (bicyclic) bond motifs is 7. The molecule has 3 unspecified atom stereocenters. The Bertz CT molecular complexity index is 2200. The number of nitrogens with zero attached hydrogens (tertiary/aromatic N) is 4. The summed E-state index contributed by atoms with van der Waals surface area (Å²) in [7, 11) is 4.30. The lowest BCUT2D eigenvalue weighted by Gasteiger charge is -2.38. The molecule has 0 fully saturated rings. The molecule has 9 rings (SSSR count). The molecule has 0 amide bonds. The van der Waals surface area contributed by atoms with Gasteiger partial charge in [-0.2, -0.15) is 0 Å². The molecule has 3 atom stereocenters. The van der Waals surface area contributed by atoms with Gasteiger partial charge in [-0.1, -0.05) is 111 Å². The predicted molar refractivity (Wildman–Crippen MR) is 197 cm³/mol. The van der Waals surface area contributed by atoms with Gasteiger partial charge in [0.1, 0.15) is 0 Å². The van der Waals surface area contributed by atoms with Gasteiger partial charge in [-0.25, -0.2) is 9.97 Å². The van der Waals surface area contributed by atoms with Gasteiger partial charge < -0.3 is 9.80 Å². The van der Waals surface area contributed by atoms with E-state index in [-0.39, 0.29) is 5.92 Å². The van der Waals surface area contributed by atoms with Crippen molar-refractivity contribution in [1.82, 2.24) is 9.97 Å². The van der Waals surface area contributed by atoms with Crippen LogP contribution in [0.25, 0.3) is 22.8 Å². The first-order chi connectivity index (χ1) is 22.9. The van der Waals surface area contributed by atoms with E-state index in [2.05, 4.69) is 166 Å². The molecule has 1 aliphatic heterocycles. The highest BCUT2D eigenvalue weighted by Crippen LogP contribution is 2.49. The fourth-order valence-electron chi connectivity index (χ4n) is 7.89. The second-order valence-electron chi connectivity index (χ2n) is 13.2. The SMILES string of the molecule is CC1CC=CC2=c3nc4c(nc3C3C=CC=CC3=C21)=CC=CC4C.Cc1c(-c2ccccc2)ccc2c1N(C)c1ccccc1N2C. The zero-order valence-corrected chi connectivity index (χ0v) is 27.8. The summed E-state index contributed by atoms with van der Waals surface area (Å²) < 4.78 is 0. The number of aromatic nitrogens is 2. The van der Waals surface area contributed by atoms with Gasteiger partial charge in [0.15, 0.2) is 0 Å². The maximum atomic E-state index is 5.12. The summed E-state index contributed by atoms with van der Waals surface area (Å²) in [6, 6.07) is 23.6. The topological polar surface area (TPSA) is 32.3 Å². The van der Waals surface area contributed by atoms with E-state index in [1.54, 1.807) is 0 Å². The first kappa shape index (κ1) is 29.2. The van der Waals surface area contributed by atoms with Gasteiger partial charge in [-0.05, 0) is 71.4 Å². The molecule has 3 aromatic carbocycles. The zero-order chi connectivity index (χ0) is 32.2. The molecule has 0 N–H and O–H groups in total. The summed E-state index contributed by atoms with van der Waals surface area (Å²) in [5, 5.41) is 2.12. The summed E-state index contributed by atoms with van der Waals surface area (Å²) in [5.74, 6) is 1.10. The van der Waals surface area contributed by atoms with Crippen LogP contribution in [-0.4, -0.2) is 24.1 Å². The van der Waals surface area contributed by atoms with Crippen molar-refractivity contribution in [2.75, 3.05) is 23.9 Å². The van der Waals surface area contributed by atoms with Gasteiger partial charge >= 0.3 is 0 Å². The van der Waals surface area contributed by atoms with Crippen molar-refractivity contribution in [1.29, 1.82) is 0 Å². The summed E-state index contributed by atoms with van der Waals surface area (Å²) in [4.78, 5) is 14.8. The molecule has 4 aromatic rings. The van der Waals surface area contributed by atoms with Crippen LogP contribution in [0.15, 0.2) is 126 Å². The van der Waals surface area contributed by atoms with E-state index in [4.69, 9.17) is 9.97 Å². The molecule has 0 spiro atoms. The molecule has 4 aliphatic carbocycles. The highest BCUT2D eigenvalue weighted by molar-refractivity contribution is 5.96. The number of benzene rings is 3. The van der Waals surface area contributed by atoms with E-state index < -0.39 is 0 Å². The van der Waals surface area contributed by atoms with Crippen LogP contribution in [0.1, 0.15) is 49.1 Å². The number of anilines is 4. The van der Waals surface area contributed by atoms with Crippen molar-refractivity contribution in [3.05, 3.63) is 154 Å². The van der Waals surface area contributed by atoms with Gasteiger partial charge in [-0.15, -0.1) is 0 Å². The van der Waals surface area contributed by atoms with Crippen molar-refractivity contribution >= 4 is 34.4 Å². The fourth-order valence-corrected chi connectivity index (χ4v) is 7.89. The lowest BCUT2D eigenvalue weighted by Crippen LogP contribution is -2.37. The first-order valence-corrected chi connectivity index (χ1v) is 16.7. The molecule has 0 saturated carbocycles. The smallest absolute Gasteiger partial charge is 0.0933 e. The molecule has 232 valence electrons. The van der Waals surface area contributed by atoms with Crippen LogP contribution in [0.3, 0.4) is 0 Å². The largest absolute Gasteiger partial charge is 0.341 e. The second-order valence-corrected chi connectivity index (χ2v) is 13.2. The third kappa shape index (κ3) is 4.74. The number of rotatable bonds is 1. The van der Waals surface area contributed by atoms with Gasteiger partial charge in [-0.3, -0.25) is 0 Å². The van der Waals surface area contributed by atoms with Crippen LogP contribution in [-0.2, 0) is 0 Å². The quantitative estimate of drug-likeness (QED) is 0.215. The van der Waals surface area contributed by atoms with Crippen molar-refractivity contribution in [3.63, 3.8) is 0 Å². The van der Waals surface area contributed by atoms with E-state index >= 15 is 0 Å². The molecular formula is C43H40N4. The minimum Gasteiger partial charge on any atom is -0.341 e. The Morgan fingerprint density at radius 2 is 1.49 bits per heavy atom.